The van der Waals surface area contributed by atoms with E-state index in [2.05, 4.69) is 15.4 Å². The monoisotopic (exact) mass is 312 g/mol. The summed E-state index contributed by atoms with van der Waals surface area (Å²) in [4.78, 5) is 14.8. The summed E-state index contributed by atoms with van der Waals surface area (Å²) < 4.78 is 9.95. The van der Waals surface area contributed by atoms with E-state index in [4.69, 9.17) is 27.2 Å². The molecule has 1 aromatic heterocycles. The summed E-state index contributed by atoms with van der Waals surface area (Å²) in [7, 11) is 3.57. The van der Waals surface area contributed by atoms with Crippen molar-refractivity contribution in [2.45, 2.75) is 25.0 Å². The predicted molar refractivity (Wildman–Crippen MR) is 80.9 cm³/mol. The molecule has 0 aliphatic carbocycles. The van der Waals surface area contributed by atoms with Gasteiger partial charge in [-0.3, -0.25) is 4.79 Å². The van der Waals surface area contributed by atoms with E-state index in [-0.39, 0.29) is 18.2 Å². The number of nitrogens with one attached hydrogen (secondary N) is 1. The maximum absolute atomic E-state index is 12.3. The van der Waals surface area contributed by atoms with Gasteiger partial charge in [-0.05, 0) is 19.9 Å². The van der Waals surface area contributed by atoms with Crippen molar-refractivity contribution >= 4 is 23.1 Å². The van der Waals surface area contributed by atoms with Crippen molar-refractivity contribution in [2.75, 3.05) is 27.2 Å². The van der Waals surface area contributed by atoms with E-state index < -0.39 is 5.54 Å². The van der Waals surface area contributed by atoms with Crippen LogP contribution >= 0.6 is 12.2 Å². The van der Waals surface area contributed by atoms with Crippen LogP contribution in [0.15, 0.2) is 10.6 Å². The van der Waals surface area contributed by atoms with Crippen molar-refractivity contribution in [2.24, 2.45) is 5.73 Å². The standard InChI is InChI=1S/C13H20N4O3S/c1-17-5-3-13(4-6-17,12(14)21)15-11(18)10-7-9(8-19-2)20-16-10/h7H,3-6,8H2,1-2H3,(H2,14,21)(H,15,18). The van der Waals surface area contributed by atoms with Crippen LogP contribution in [-0.4, -0.2) is 53.7 Å². The number of rotatable bonds is 5. The Balaban J connectivity index is 2.09. The van der Waals surface area contributed by atoms with E-state index in [0.29, 0.717) is 23.6 Å². The zero-order valence-electron chi connectivity index (χ0n) is 12.2. The number of likely N-dealkylation sites (tertiary alicyclic amines) is 1. The summed E-state index contributed by atoms with van der Waals surface area (Å²) in [5.41, 5.74) is 5.41. The topological polar surface area (TPSA) is 93.6 Å². The minimum absolute atomic E-state index is 0.205. The van der Waals surface area contributed by atoms with Crippen molar-refractivity contribution in [1.82, 2.24) is 15.4 Å². The molecule has 3 N–H and O–H groups in total. The Morgan fingerprint density at radius 1 is 1.62 bits per heavy atom. The van der Waals surface area contributed by atoms with Crippen molar-refractivity contribution in [3.63, 3.8) is 0 Å². The first-order valence-electron chi connectivity index (χ1n) is 6.72. The largest absolute Gasteiger partial charge is 0.391 e. The van der Waals surface area contributed by atoms with E-state index >= 15 is 0 Å². The smallest absolute Gasteiger partial charge is 0.274 e. The summed E-state index contributed by atoms with van der Waals surface area (Å²) in [6.45, 7) is 1.92. The SMILES string of the molecule is COCc1cc(C(=O)NC2(C(N)=S)CCN(C)CC2)no1. The number of nitrogens with two attached hydrogens (primary N) is 1. The highest BCUT2D eigenvalue weighted by Crippen LogP contribution is 2.23. The number of hydrogen-bond donors (Lipinski definition) is 2. The third-order valence-electron chi connectivity index (χ3n) is 3.74. The molecular weight excluding hydrogens is 292 g/mol. The van der Waals surface area contributed by atoms with Gasteiger partial charge in [-0.1, -0.05) is 17.4 Å². The van der Waals surface area contributed by atoms with Crippen LogP contribution in [0.3, 0.4) is 0 Å². The third-order valence-corrected chi connectivity index (χ3v) is 4.13. The number of carbonyl (C=O) groups is 1. The molecule has 0 radical (unpaired) electrons. The molecule has 0 spiro atoms. The van der Waals surface area contributed by atoms with Crippen LogP contribution in [0, 0.1) is 0 Å². The van der Waals surface area contributed by atoms with Gasteiger partial charge in [0.25, 0.3) is 5.91 Å². The molecule has 1 aliphatic heterocycles. The molecule has 0 atom stereocenters. The lowest BCUT2D eigenvalue weighted by atomic mass is 9.87. The highest BCUT2D eigenvalue weighted by Gasteiger charge is 2.38. The molecule has 1 aliphatic rings. The molecule has 0 saturated carbocycles. The molecule has 2 heterocycles. The summed E-state index contributed by atoms with van der Waals surface area (Å²) >= 11 is 5.16. The molecule has 1 saturated heterocycles. The number of piperidine rings is 1. The van der Waals surface area contributed by atoms with Crippen molar-refractivity contribution < 1.29 is 14.1 Å². The average molecular weight is 312 g/mol. The number of methoxy groups -OCH3 is 1. The van der Waals surface area contributed by atoms with Crippen LogP contribution in [0.2, 0.25) is 0 Å². The lowest BCUT2D eigenvalue weighted by Gasteiger charge is -2.40. The van der Waals surface area contributed by atoms with E-state index in [0.717, 1.165) is 13.1 Å². The van der Waals surface area contributed by atoms with Gasteiger partial charge in [-0.2, -0.15) is 0 Å². The molecule has 7 nitrogen and oxygen atoms in total. The average Bonchev–Trinajstić information content (AvgIpc) is 2.90. The minimum atomic E-state index is -0.653. The van der Waals surface area contributed by atoms with Crippen LogP contribution in [0.1, 0.15) is 29.1 Å². The summed E-state index contributed by atoms with van der Waals surface area (Å²) in [5, 5.41) is 6.67. The van der Waals surface area contributed by atoms with Gasteiger partial charge < -0.3 is 25.2 Å². The molecule has 116 valence electrons. The van der Waals surface area contributed by atoms with Crippen molar-refractivity contribution in [1.29, 1.82) is 0 Å². The number of nitrogens with zero attached hydrogens (tertiary/aromatic N) is 2. The molecule has 2 rings (SSSR count). The number of amides is 1. The van der Waals surface area contributed by atoms with Gasteiger partial charge in [0.1, 0.15) is 6.61 Å². The van der Waals surface area contributed by atoms with Crippen LogP contribution in [0.5, 0.6) is 0 Å². The Bertz CT molecular complexity index is 523. The second-order valence-electron chi connectivity index (χ2n) is 5.32. The number of thiocarbonyl (C=S) groups is 1. The van der Waals surface area contributed by atoms with Crippen LogP contribution < -0.4 is 11.1 Å². The van der Waals surface area contributed by atoms with Gasteiger partial charge >= 0.3 is 0 Å². The van der Waals surface area contributed by atoms with E-state index in [1.165, 1.54) is 0 Å². The Labute approximate surface area is 128 Å². The van der Waals surface area contributed by atoms with Gasteiger partial charge in [0, 0.05) is 26.3 Å². The van der Waals surface area contributed by atoms with Crippen LogP contribution in [0.4, 0.5) is 0 Å². The quantitative estimate of drug-likeness (QED) is 0.755. The predicted octanol–water partition coefficient (Wildman–Crippen LogP) is 0.301. The summed E-state index contributed by atoms with van der Waals surface area (Å²) in [6.07, 6.45) is 1.38. The fourth-order valence-corrected chi connectivity index (χ4v) is 2.60. The number of hydrogen-bond acceptors (Lipinski definition) is 6. The molecule has 1 fully saturated rings. The Morgan fingerprint density at radius 3 is 2.86 bits per heavy atom. The number of aromatic nitrogens is 1. The fourth-order valence-electron chi connectivity index (χ4n) is 2.34. The lowest BCUT2D eigenvalue weighted by molar-refractivity contribution is 0.0880. The third kappa shape index (κ3) is 3.58. The molecule has 1 amide bonds. The van der Waals surface area contributed by atoms with Gasteiger partial charge in [-0.15, -0.1) is 0 Å². The molecule has 21 heavy (non-hydrogen) atoms. The second-order valence-corrected chi connectivity index (χ2v) is 5.76. The maximum Gasteiger partial charge on any atom is 0.274 e. The Morgan fingerprint density at radius 2 is 2.29 bits per heavy atom. The minimum Gasteiger partial charge on any atom is -0.391 e. The zero-order chi connectivity index (χ0) is 15.5. The van der Waals surface area contributed by atoms with Gasteiger partial charge in [0.15, 0.2) is 11.5 Å². The molecule has 0 unspecified atom stereocenters. The van der Waals surface area contributed by atoms with Crippen LogP contribution in [0.25, 0.3) is 0 Å². The highest BCUT2D eigenvalue weighted by atomic mass is 32.1. The molecule has 1 aromatic rings. The second kappa shape index (κ2) is 6.50. The fraction of sp³-hybridized carbons (Fsp3) is 0.615. The van der Waals surface area contributed by atoms with Crippen molar-refractivity contribution in [3.05, 3.63) is 17.5 Å². The van der Waals surface area contributed by atoms with Gasteiger partial charge in [0.2, 0.25) is 0 Å². The zero-order valence-corrected chi connectivity index (χ0v) is 13.0. The normalized spacial score (nSPS) is 18.4. The maximum atomic E-state index is 12.3. The Kier molecular flexibility index (Phi) is 4.92. The van der Waals surface area contributed by atoms with Gasteiger partial charge in [0.05, 0.1) is 10.5 Å². The highest BCUT2D eigenvalue weighted by molar-refractivity contribution is 7.80. The van der Waals surface area contributed by atoms with E-state index in [1.807, 2.05) is 7.05 Å². The van der Waals surface area contributed by atoms with Crippen LogP contribution in [-0.2, 0) is 11.3 Å². The summed E-state index contributed by atoms with van der Waals surface area (Å²) in [6, 6.07) is 1.56. The summed E-state index contributed by atoms with van der Waals surface area (Å²) in [5.74, 6) is 0.161. The molecule has 0 bridgehead atoms. The first kappa shape index (κ1) is 15.9. The van der Waals surface area contributed by atoms with Crippen molar-refractivity contribution in [3.8, 4) is 0 Å². The van der Waals surface area contributed by atoms with Gasteiger partial charge in [-0.25, -0.2) is 0 Å². The lowest BCUT2D eigenvalue weighted by Crippen LogP contribution is -2.61. The molecule has 0 aromatic carbocycles. The molecular formula is C13H20N4O3S. The Hall–Kier alpha value is -1.51. The molecule has 8 heteroatoms. The number of carbonyl (C=O) groups excluding carboxylic acids is 1. The van der Waals surface area contributed by atoms with E-state index in [1.54, 1.807) is 13.2 Å². The first-order valence-corrected chi connectivity index (χ1v) is 7.13. The van der Waals surface area contributed by atoms with E-state index in [9.17, 15) is 4.79 Å². The first-order chi connectivity index (χ1) is 9.97. The number of ether oxygens (including phenoxy) is 1.